The second kappa shape index (κ2) is 2.96. The van der Waals surface area contributed by atoms with Crippen molar-refractivity contribution < 1.29 is 4.79 Å². The number of nitrogens with zero attached hydrogens (tertiary/aromatic N) is 3. The number of aromatic nitrogens is 2. The molecule has 0 fully saturated rings. The number of anilines is 1. The van der Waals surface area contributed by atoms with Gasteiger partial charge in [0, 0.05) is 0 Å². The fourth-order valence-electron chi connectivity index (χ4n) is 0.743. The molecule has 12 heavy (non-hydrogen) atoms. The second-order valence-corrected chi connectivity index (χ2v) is 2.16. The van der Waals surface area contributed by atoms with E-state index in [4.69, 9.17) is 11.0 Å². The van der Waals surface area contributed by atoms with Gasteiger partial charge in [0.25, 0.3) is 0 Å². The summed E-state index contributed by atoms with van der Waals surface area (Å²) in [4.78, 5) is 17.8. The molecule has 60 valence electrons. The molecule has 1 rings (SSSR count). The number of nitriles is 1. The third-order valence-electron chi connectivity index (χ3n) is 1.35. The molecule has 1 aromatic rings. The Balaban J connectivity index is 3.39. The van der Waals surface area contributed by atoms with Crippen LogP contribution in [-0.4, -0.2) is 16.3 Å². The van der Waals surface area contributed by atoms with Crippen molar-refractivity contribution in [3.05, 3.63) is 17.1 Å². The highest BCUT2D eigenvalue weighted by molar-refractivity contribution is 5.74. The van der Waals surface area contributed by atoms with Crippen molar-refractivity contribution in [1.29, 1.82) is 5.26 Å². The number of rotatable bonds is 1. The van der Waals surface area contributed by atoms with Crippen LogP contribution in [0.15, 0.2) is 0 Å². The quantitative estimate of drug-likeness (QED) is 0.589. The van der Waals surface area contributed by atoms with E-state index in [-0.39, 0.29) is 17.2 Å². The zero-order valence-corrected chi connectivity index (χ0v) is 6.40. The van der Waals surface area contributed by atoms with Crippen molar-refractivity contribution in [2.24, 2.45) is 0 Å². The van der Waals surface area contributed by atoms with Crippen molar-refractivity contribution in [3.8, 4) is 6.07 Å². The lowest BCUT2D eigenvalue weighted by Crippen LogP contribution is -2.04. The number of carbonyl (C=O) groups is 1. The van der Waals surface area contributed by atoms with E-state index < -0.39 is 0 Å². The Bertz CT molecular complexity index is 366. The Hall–Kier alpha value is -1.96. The maximum atomic E-state index is 10.4. The number of aryl methyl sites for hydroxylation is 1. The highest BCUT2D eigenvalue weighted by Crippen LogP contribution is 2.07. The van der Waals surface area contributed by atoms with E-state index in [0.29, 0.717) is 12.0 Å². The van der Waals surface area contributed by atoms with E-state index in [2.05, 4.69) is 9.97 Å². The first-order valence-corrected chi connectivity index (χ1v) is 3.18. The summed E-state index contributed by atoms with van der Waals surface area (Å²) >= 11 is 0. The van der Waals surface area contributed by atoms with Crippen LogP contribution < -0.4 is 5.73 Å². The SMILES string of the molecule is Cc1nc(N)c(C#N)nc1C=O. The third-order valence-corrected chi connectivity index (χ3v) is 1.35. The number of nitrogen functional groups attached to an aromatic ring is 1. The first-order valence-electron chi connectivity index (χ1n) is 3.18. The largest absolute Gasteiger partial charge is 0.381 e. The Labute approximate surface area is 68.9 Å². The van der Waals surface area contributed by atoms with Gasteiger partial charge in [-0.2, -0.15) is 5.26 Å². The molecule has 0 amide bonds. The third kappa shape index (κ3) is 1.22. The first-order chi connectivity index (χ1) is 5.69. The van der Waals surface area contributed by atoms with Gasteiger partial charge in [-0.1, -0.05) is 0 Å². The average molecular weight is 162 g/mol. The molecular weight excluding hydrogens is 156 g/mol. The van der Waals surface area contributed by atoms with Gasteiger partial charge < -0.3 is 5.73 Å². The van der Waals surface area contributed by atoms with Crippen LogP contribution in [0.3, 0.4) is 0 Å². The zero-order valence-electron chi connectivity index (χ0n) is 6.40. The normalized spacial score (nSPS) is 9.00. The number of hydrogen-bond acceptors (Lipinski definition) is 5. The fourth-order valence-corrected chi connectivity index (χ4v) is 0.743. The van der Waals surface area contributed by atoms with Crippen LogP contribution in [0.4, 0.5) is 5.82 Å². The predicted molar refractivity (Wildman–Crippen MR) is 41.3 cm³/mol. The summed E-state index contributed by atoms with van der Waals surface area (Å²) in [5, 5.41) is 8.48. The van der Waals surface area contributed by atoms with Crippen LogP contribution in [0, 0.1) is 18.3 Å². The molecule has 2 N–H and O–H groups in total. The van der Waals surface area contributed by atoms with Crippen molar-refractivity contribution in [2.45, 2.75) is 6.92 Å². The molecular formula is C7H6N4O. The van der Waals surface area contributed by atoms with Gasteiger partial charge >= 0.3 is 0 Å². The van der Waals surface area contributed by atoms with Crippen molar-refractivity contribution in [2.75, 3.05) is 5.73 Å². The van der Waals surface area contributed by atoms with Crippen molar-refractivity contribution >= 4 is 12.1 Å². The summed E-state index contributed by atoms with van der Waals surface area (Å²) in [6, 6.07) is 1.74. The number of carbonyl (C=O) groups excluding carboxylic acids is 1. The van der Waals surface area contributed by atoms with Gasteiger partial charge in [-0.3, -0.25) is 4.79 Å². The number of hydrogen-bond donors (Lipinski definition) is 1. The molecule has 0 aliphatic rings. The summed E-state index contributed by atoms with van der Waals surface area (Å²) in [7, 11) is 0. The smallest absolute Gasteiger partial charge is 0.183 e. The monoisotopic (exact) mass is 162 g/mol. The topological polar surface area (TPSA) is 92.7 Å². The first kappa shape index (κ1) is 8.14. The van der Waals surface area contributed by atoms with E-state index >= 15 is 0 Å². The molecule has 1 heterocycles. The molecule has 0 aliphatic heterocycles. The molecule has 0 spiro atoms. The summed E-state index contributed by atoms with van der Waals surface area (Å²) in [5.74, 6) is 0.0561. The lowest BCUT2D eigenvalue weighted by molar-refractivity contribution is 0.111. The molecule has 0 aliphatic carbocycles. The van der Waals surface area contributed by atoms with Crippen LogP contribution in [-0.2, 0) is 0 Å². The number of nitrogens with two attached hydrogens (primary N) is 1. The van der Waals surface area contributed by atoms with Gasteiger partial charge in [0.1, 0.15) is 11.8 Å². The summed E-state index contributed by atoms with van der Waals surface area (Å²) in [6.45, 7) is 1.61. The molecule has 0 radical (unpaired) electrons. The van der Waals surface area contributed by atoms with E-state index in [1.807, 2.05) is 0 Å². The highest BCUT2D eigenvalue weighted by Gasteiger charge is 2.06. The van der Waals surface area contributed by atoms with Crippen molar-refractivity contribution in [1.82, 2.24) is 9.97 Å². The standard InChI is InChI=1S/C7H6N4O/c1-4-6(3-12)11-5(2-8)7(9)10-4/h3H,1H3,(H2,9,10). The van der Waals surface area contributed by atoms with E-state index in [1.54, 1.807) is 13.0 Å². The Morgan fingerprint density at radius 3 is 2.75 bits per heavy atom. The van der Waals surface area contributed by atoms with Gasteiger partial charge in [-0.15, -0.1) is 0 Å². The van der Waals surface area contributed by atoms with Gasteiger partial charge in [-0.05, 0) is 6.92 Å². The molecule has 0 unspecified atom stereocenters. The molecule has 0 saturated carbocycles. The lowest BCUT2D eigenvalue weighted by Gasteiger charge is -1.99. The van der Waals surface area contributed by atoms with Crippen LogP contribution >= 0.6 is 0 Å². The summed E-state index contributed by atoms with van der Waals surface area (Å²) in [6.07, 6.45) is 0.544. The fraction of sp³-hybridized carbons (Fsp3) is 0.143. The van der Waals surface area contributed by atoms with E-state index in [1.165, 1.54) is 0 Å². The van der Waals surface area contributed by atoms with Gasteiger partial charge in [0.2, 0.25) is 0 Å². The van der Waals surface area contributed by atoms with Crippen LogP contribution in [0.25, 0.3) is 0 Å². The molecule has 0 atom stereocenters. The number of aldehydes is 1. The summed E-state index contributed by atoms with van der Waals surface area (Å²) in [5.41, 5.74) is 5.92. The molecule has 1 aromatic heterocycles. The summed E-state index contributed by atoms with van der Waals surface area (Å²) < 4.78 is 0. The molecule has 0 bridgehead atoms. The van der Waals surface area contributed by atoms with Crippen LogP contribution in [0.2, 0.25) is 0 Å². The van der Waals surface area contributed by atoms with Crippen molar-refractivity contribution in [3.63, 3.8) is 0 Å². The second-order valence-electron chi connectivity index (χ2n) is 2.16. The average Bonchev–Trinajstić information content (AvgIpc) is 2.05. The van der Waals surface area contributed by atoms with Crippen LogP contribution in [0.5, 0.6) is 0 Å². The zero-order chi connectivity index (χ0) is 9.14. The van der Waals surface area contributed by atoms with E-state index in [9.17, 15) is 4.79 Å². The maximum Gasteiger partial charge on any atom is 0.183 e. The Kier molecular flexibility index (Phi) is 2.01. The predicted octanol–water partition coefficient (Wildman–Crippen LogP) is 0.0514. The van der Waals surface area contributed by atoms with Gasteiger partial charge in [0.05, 0.1) is 5.69 Å². The minimum atomic E-state index is -0.0114. The molecule has 0 aromatic carbocycles. The van der Waals surface area contributed by atoms with Crippen LogP contribution in [0.1, 0.15) is 21.9 Å². The maximum absolute atomic E-state index is 10.4. The molecule has 5 nitrogen and oxygen atoms in total. The van der Waals surface area contributed by atoms with E-state index in [0.717, 1.165) is 0 Å². The minimum absolute atomic E-state index is 0.0114. The lowest BCUT2D eigenvalue weighted by atomic mass is 10.3. The Morgan fingerprint density at radius 1 is 1.58 bits per heavy atom. The van der Waals surface area contributed by atoms with Gasteiger partial charge in [0.15, 0.2) is 17.8 Å². The Morgan fingerprint density at radius 2 is 2.25 bits per heavy atom. The highest BCUT2D eigenvalue weighted by atomic mass is 16.1. The molecule has 0 saturated heterocycles. The molecule has 5 heteroatoms. The minimum Gasteiger partial charge on any atom is -0.381 e. The van der Waals surface area contributed by atoms with Gasteiger partial charge in [-0.25, -0.2) is 9.97 Å².